The van der Waals surface area contributed by atoms with Crippen LogP contribution in [0.25, 0.3) is 0 Å². The van der Waals surface area contributed by atoms with Crippen LogP contribution in [0.3, 0.4) is 0 Å². The topological polar surface area (TPSA) is 27.6 Å². The summed E-state index contributed by atoms with van der Waals surface area (Å²) in [6.07, 6.45) is 2.62. The van der Waals surface area contributed by atoms with Crippen molar-refractivity contribution >= 4 is 17.3 Å². The standard InChI is InChI=1S/C14H23N3S/c1-11-5-4-8-17(10-11)14(15-3)16-9-13-7-6-12(2)18-13/h6-7,11H,4-5,8-10H2,1-3H3,(H,15,16). The number of nitrogens with zero attached hydrogens (tertiary/aromatic N) is 2. The number of rotatable bonds is 2. The van der Waals surface area contributed by atoms with Gasteiger partial charge in [0.1, 0.15) is 0 Å². The van der Waals surface area contributed by atoms with Gasteiger partial charge in [-0.2, -0.15) is 0 Å². The number of nitrogens with one attached hydrogen (secondary N) is 1. The molecule has 18 heavy (non-hydrogen) atoms. The molecule has 1 atom stereocenters. The Bertz CT molecular complexity index is 411. The van der Waals surface area contributed by atoms with Crippen LogP contribution in [0.5, 0.6) is 0 Å². The molecule has 1 fully saturated rings. The fourth-order valence-electron chi connectivity index (χ4n) is 2.46. The first-order chi connectivity index (χ1) is 8.69. The number of hydrogen-bond acceptors (Lipinski definition) is 2. The minimum atomic E-state index is 0.779. The van der Waals surface area contributed by atoms with Crippen molar-refractivity contribution in [3.8, 4) is 0 Å². The molecule has 0 aliphatic carbocycles. The lowest BCUT2D eigenvalue weighted by Gasteiger charge is -2.33. The molecular weight excluding hydrogens is 242 g/mol. The summed E-state index contributed by atoms with van der Waals surface area (Å²) in [5.74, 6) is 1.83. The third-order valence-corrected chi connectivity index (χ3v) is 4.39. The second-order valence-corrected chi connectivity index (χ2v) is 6.48. The molecule has 100 valence electrons. The fourth-order valence-corrected chi connectivity index (χ4v) is 3.29. The van der Waals surface area contributed by atoms with Gasteiger partial charge in [-0.25, -0.2) is 0 Å². The second-order valence-electron chi connectivity index (χ2n) is 5.11. The normalized spacial score (nSPS) is 21.2. The van der Waals surface area contributed by atoms with E-state index in [1.807, 2.05) is 18.4 Å². The Morgan fingerprint density at radius 1 is 1.56 bits per heavy atom. The van der Waals surface area contributed by atoms with Crippen molar-refractivity contribution in [3.63, 3.8) is 0 Å². The number of aliphatic imine (C=N–C) groups is 1. The highest BCUT2D eigenvalue weighted by Crippen LogP contribution is 2.17. The van der Waals surface area contributed by atoms with Gasteiger partial charge in [0, 0.05) is 29.9 Å². The van der Waals surface area contributed by atoms with E-state index in [0.717, 1.165) is 31.5 Å². The molecule has 2 rings (SSSR count). The molecule has 3 nitrogen and oxygen atoms in total. The number of guanidine groups is 1. The van der Waals surface area contributed by atoms with Crippen LogP contribution in [0.15, 0.2) is 17.1 Å². The number of hydrogen-bond donors (Lipinski definition) is 1. The zero-order chi connectivity index (χ0) is 13.0. The van der Waals surface area contributed by atoms with E-state index < -0.39 is 0 Å². The van der Waals surface area contributed by atoms with Crippen LogP contribution >= 0.6 is 11.3 Å². The third-order valence-electron chi connectivity index (χ3n) is 3.39. The van der Waals surface area contributed by atoms with E-state index in [0.29, 0.717) is 0 Å². The molecule has 1 N–H and O–H groups in total. The van der Waals surface area contributed by atoms with Crippen LogP contribution in [0.4, 0.5) is 0 Å². The predicted molar refractivity (Wildman–Crippen MR) is 79.2 cm³/mol. The van der Waals surface area contributed by atoms with Crippen LogP contribution in [0.2, 0.25) is 0 Å². The lowest BCUT2D eigenvalue weighted by atomic mass is 10.0. The summed E-state index contributed by atoms with van der Waals surface area (Å²) in [7, 11) is 1.88. The van der Waals surface area contributed by atoms with Crippen molar-refractivity contribution in [1.29, 1.82) is 0 Å². The summed E-state index contributed by atoms with van der Waals surface area (Å²) in [6.45, 7) is 7.62. The van der Waals surface area contributed by atoms with Gasteiger partial charge < -0.3 is 10.2 Å². The maximum absolute atomic E-state index is 4.40. The largest absolute Gasteiger partial charge is 0.351 e. The zero-order valence-corrected chi connectivity index (χ0v) is 12.4. The van der Waals surface area contributed by atoms with Gasteiger partial charge in [0.05, 0.1) is 6.54 Å². The van der Waals surface area contributed by atoms with E-state index in [1.54, 1.807) is 0 Å². The molecule has 2 heterocycles. The Kier molecular flexibility index (Phi) is 4.64. The first-order valence-corrected chi connectivity index (χ1v) is 7.51. The Hall–Kier alpha value is -1.03. The predicted octanol–water partition coefficient (Wildman–Crippen LogP) is 2.86. The third kappa shape index (κ3) is 3.48. The van der Waals surface area contributed by atoms with Gasteiger partial charge in [-0.1, -0.05) is 6.92 Å². The SMILES string of the molecule is CN=C(NCc1ccc(C)s1)N1CCCC(C)C1. The molecule has 1 aliphatic rings. The van der Waals surface area contributed by atoms with Crippen LogP contribution in [-0.2, 0) is 6.54 Å². The molecule has 1 aliphatic heterocycles. The Labute approximate surface area is 114 Å². The summed E-state index contributed by atoms with van der Waals surface area (Å²) in [6, 6.07) is 4.37. The molecule has 1 unspecified atom stereocenters. The number of piperidine rings is 1. The van der Waals surface area contributed by atoms with E-state index in [-0.39, 0.29) is 0 Å². The first kappa shape index (κ1) is 13.4. The van der Waals surface area contributed by atoms with Crippen molar-refractivity contribution in [1.82, 2.24) is 10.2 Å². The van der Waals surface area contributed by atoms with E-state index >= 15 is 0 Å². The molecule has 0 radical (unpaired) electrons. The summed E-state index contributed by atoms with van der Waals surface area (Å²) in [5, 5.41) is 3.48. The second kappa shape index (κ2) is 6.23. The molecule has 0 bridgehead atoms. The van der Waals surface area contributed by atoms with Crippen LogP contribution in [0.1, 0.15) is 29.5 Å². The quantitative estimate of drug-likeness (QED) is 0.658. The lowest BCUT2D eigenvalue weighted by Crippen LogP contribution is -2.45. The van der Waals surface area contributed by atoms with Crippen molar-refractivity contribution in [3.05, 3.63) is 21.9 Å². The average molecular weight is 265 g/mol. The molecule has 1 aromatic heterocycles. The van der Waals surface area contributed by atoms with Crippen molar-refractivity contribution in [2.75, 3.05) is 20.1 Å². The van der Waals surface area contributed by atoms with E-state index in [2.05, 4.69) is 41.2 Å². The van der Waals surface area contributed by atoms with Gasteiger partial charge >= 0.3 is 0 Å². The Morgan fingerprint density at radius 3 is 3.00 bits per heavy atom. The first-order valence-electron chi connectivity index (χ1n) is 6.70. The molecule has 0 saturated carbocycles. The van der Waals surface area contributed by atoms with Gasteiger partial charge in [-0.3, -0.25) is 4.99 Å². The molecule has 0 amide bonds. The molecule has 1 saturated heterocycles. The Balaban J connectivity index is 1.89. The van der Waals surface area contributed by atoms with Gasteiger partial charge in [-0.05, 0) is 37.8 Å². The summed E-state index contributed by atoms with van der Waals surface area (Å²) >= 11 is 1.85. The van der Waals surface area contributed by atoms with Gasteiger partial charge in [0.25, 0.3) is 0 Å². The van der Waals surface area contributed by atoms with Gasteiger partial charge in [0.15, 0.2) is 5.96 Å². The molecule has 0 spiro atoms. The van der Waals surface area contributed by atoms with E-state index in [9.17, 15) is 0 Å². The van der Waals surface area contributed by atoms with Gasteiger partial charge in [-0.15, -0.1) is 11.3 Å². The summed E-state index contributed by atoms with van der Waals surface area (Å²) < 4.78 is 0. The lowest BCUT2D eigenvalue weighted by molar-refractivity contribution is 0.266. The average Bonchev–Trinajstić information content (AvgIpc) is 2.76. The maximum atomic E-state index is 4.40. The van der Waals surface area contributed by atoms with Crippen molar-refractivity contribution in [2.24, 2.45) is 10.9 Å². The summed E-state index contributed by atoms with van der Waals surface area (Å²) in [5.41, 5.74) is 0. The highest BCUT2D eigenvalue weighted by Gasteiger charge is 2.18. The Morgan fingerprint density at radius 2 is 2.39 bits per heavy atom. The van der Waals surface area contributed by atoms with E-state index in [4.69, 9.17) is 0 Å². The minimum absolute atomic E-state index is 0.779. The number of thiophene rings is 1. The van der Waals surface area contributed by atoms with Crippen LogP contribution < -0.4 is 5.32 Å². The van der Waals surface area contributed by atoms with Crippen molar-refractivity contribution in [2.45, 2.75) is 33.2 Å². The van der Waals surface area contributed by atoms with Gasteiger partial charge in [0.2, 0.25) is 0 Å². The number of aryl methyl sites for hydroxylation is 1. The molecular formula is C14H23N3S. The maximum Gasteiger partial charge on any atom is 0.193 e. The zero-order valence-electron chi connectivity index (χ0n) is 11.6. The smallest absolute Gasteiger partial charge is 0.193 e. The molecule has 4 heteroatoms. The van der Waals surface area contributed by atoms with E-state index in [1.165, 1.54) is 22.6 Å². The van der Waals surface area contributed by atoms with Crippen LogP contribution in [-0.4, -0.2) is 31.0 Å². The summed E-state index contributed by atoms with van der Waals surface area (Å²) in [4.78, 5) is 9.53. The van der Waals surface area contributed by atoms with Crippen LogP contribution in [0, 0.1) is 12.8 Å². The highest BCUT2D eigenvalue weighted by molar-refractivity contribution is 7.11. The minimum Gasteiger partial charge on any atom is -0.351 e. The van der Waals surface area contributed by atoms with Crippen molar-refractivity contribution < 1.29 is 0 Å². The fraction of sp³-hybridized carbons (Fsp3) is 0.643. The molecule has 1 aromatic rings. The molecule has 0 aromatic carbocycles. The number of likely N-dealkylation sites (tertiary alicyclic amines) is 1. The highest BCUT2D eigenvalue weighted by atomic mass is 32.1. The monoisotopic (exact) mass is 265 g/mol.